The fraction of sp³-hybridized carbons (Fsp3) is 0.192. The minimum absolute atomic E-state index is 0. The Kier molecular flexibility index (Phi) is 8.92. The maximum Gasteiger partial charge on any atom is 0.138 e. The van der Waals surface area contributed by atoms with Crippen LogP contribution in [0.2, 0.25) is 19.6 Å². The van der Waals surface area contributed by atoms with Crippen LogP contribution in [0, 0.1) is 24.4 Å². The van der Waals surface area contributed by atoms with Gasteiger partial charge in [0.1, 0.15) is 16.7 Å². The molecule has 0 aliphatic carbocycles. The first-order valence-corrected chi connectivity index (χ1v) is 22.9. The summed E-state index contributed by atoms with van der Waals surface area (Å²) < 4.78 is 52.9. The zero-order valence-corrected chi connectivity index (χ0v) is 36.7. The van der Waals surface area contributed by atoms with E-state index in [4.69, 9.17) is 20.7 Å². The van der Waals surface area contributed by atoms with E-state index in [1.54, 1.807) is 18.3 Å². The smallest absolute Gasteiger partial charge is 0.138 e. The standard InChI is InChI=1S/C32H18NO2.C20H28NSi.Ir/c1-4-16-26-23(11-1)29(24-14-7-12-21-19-9-2-5-17-27(19)34-31(21)24)30(33-26)25-15-8-13-22-20-10-3-6-18-28(20)35-32(22)25;1-15-8-10-16(11-9-15)18-12-17(13-20(2,3)4)19(14-21-18)22(5,6)7;/h1-14,16-18,29H;8-10,12,14H,13H2,1-7H3;/q2*-1;/i;1D3,13D2;. The summed E-state index contributed by atoms with van der Waals surface area (Å²) in [6.45, 7) is 10.1. The molecule has 291 valence electrons. The third-order valence-electron chi connectivity index (χ3n) is 10.4. The average Bonchev–Trinajstić information content (AvgIpc) is 3.94. The summed E-state index contributed by atoms with van der Waals surface area (Å²) in [5.74, 6) is -0.0921. The van der Waals surface area contributed by atoms with Crippen molar-refractivity contribution < 1.29 is 35.8 Å². The van der Waals surface area contributed by atoms with Crippen LogP contribution in [0.5, 0.6) is 0 Å². The van der Waals surface area contributed by atoms with E-state index in [9.17, 15) is 0 Å². The summed E-state index contributed by atoms with van der Waals surface area (Å²) in [6.07, 6.45) is 0.269. The van der Waals surface area contributed by atoms with Crippen molar-refractivity contribution in [3.63, 3.8) is 0 Å². The van der Waals surface area contributed by atoms with E-state index in [0.29, 0.717) is 16.8 Å². The van der Waals surface area contributed by atoms with Crippen LogP contribution in [0.1, 0.15) is 61.4 Å². The Morgan fingerprint density at radius 1 is 0.741 bits per heavy atom. The molecule has 0 amide bonds. The van der Waals surface area contributed by atoms with E-state index in [-0.39, 0.29) is 31.6 Å². The molecule has 0 bridgehead atoms. The molecule has 4 heterocycles. The molecule has 0 saturated carbocycles. The molecule has 58 heavy (non-hydrogen) atoms. The number of aromatic nitrogens is 1. The summed E-state index contributed by atoms with van der Waals surface area (Å²) in [4.78, 5) is 9.70. The molecule has 0 fully saturated rings. The molecule has 9 aromatic rings. The van der Waals surface area contributed by atoms with Crippen LogP contribution in [0.4, 0.5) is 5.69 Å². The minimum atomic E-state index is -2.17. The number of aryl methyl sites for hydroxylation is 1. The van der Waals surface area contributed by atoms with Crippen LogP contribution in [0.15, 0.2) is 147 Å². The third kappa shape index (κ3) is 7.41. The van der Waals surface area contributed by atoms with Gasteiger partial charge in [-0.2, -0.15) is 0 Å². The Morgan fingerprint density at radius 2 is 1.40 bits per heavy atom. The van der Waals surface area contributed by atoms with Crippen molar-refractivity contribution >= 4 is 68.5 Å². The largest absolute Gasteiger partial charge is 0.501 e. The van der Waals surface area contributed by atoms with Crippen LogP contribution >= 0.6 is 0 Å². The van der Waals surface area contributed by atoms with E-state index in [0.717, 1.165) is 77.2 Å². The van der Waals surface area contributed by atoms with Gasteiger partial charge in [-0.25, -0.2) is 0 Å². The molecule has 0 spiro atoms. The molecular formula is C52H46IrN2O2Si-2. The third-order valence-corrected chi connectivity index (χ3v) is 12.4. The molecule has 6 aromatic carbocycles. The molecule has 1 aliphatic rings. The van der Waals surface area contributed by atoms with Crippen LogP contribution in [-0.4, -0.2) is 18.8 Å². The van der Waals surface area contributed by atoms with Gasteiger partial charge in [-0.15, -0.1) is 53.6 Å². The van der Waals surface area contributed by atoms with Gasteiger partial charge in [-0.1, -0.05) is 143 Å². The van der Waals surface area contributed by atoms with Crippen molar-refractivity contribution in [1.29, 1.82) is 0 Å². The molecule has 1 aliphatic heterocycles. The Bertz CT molecular complexity index is 3190. The number of hydrogen-bond acceptors (Lipinski definition) is 4. The summed E-state index contributed by atoms with van der Waals surface area (Å²) in [5, 5.41) is 5.43. The summed E-state index contributed by atoms with van der Waals surface area (Å²) in [5.41, 5.74) is 10.2. The van der Waals surface area contributed by atoms with Crippen LogP contribution in [-0.2, 0) is 26.5 Å². The number of nitrogens with zero attached hydrogens (tertiary/aromatic N) is 2. The number of aliphatic imine (C=N–C) groups is 1. The zero-order valence-electron chi connectivity index (χ0n) is 38.3. The van der Waals surface area contributed by atoms with Crippen LogP contribution in [0.3, 0.4) is 0 Å². The monoisotopic (exact) mass is 956 g/mol. The van der Waals surface area contributed by atoms with E-state index in [1.165, 1.54) is 6.07 Å². The second kappa shape index (κ2) is 15.4. The molecule has 10 rings (SSSR count). The van der Waals surface area contributed by atoms with Gasteiger partial charge >= 0.3 is 0 Å². The second-order valence-electron chi connectivity index (χ2n) is 16.7. The van der Waals surface area contributed by atoms with Gasteiger partial charge in [-0.3, -0.25) is 4.99 Å². The molecule has 0 saturated heterocycles. The van der Waals surface area contributed by atoms with Crippen molar-refractivity contribution in [2.75, 3.05) is 0 Å². The molecule has 3 aromatic heterocycles. The Labute approximate surface area is 362 Å². The average molecular weight is 956 g/mol. The quantitative estimate of drug-likeness (QED) is 0.128. The van der Waals surface area contributed by atoms with E-state index in [2.05, 4.69) is 97.4 Å². The number of rotatable bonds is 5. The van der Waals surface area contributed by atoms with Gasteiger partial charge < -0.3 is 13.8 Å². The molecule has 0 N–H and O–H groups in total. The van der Waals surface area contributed by atoms with E-state index < -0.39 is 26.7 Å². The first-order valence-electron chi connectivity index (χ1n) is 21.9. The molecular weight excluding hydrogens is 905 g/mol. The molecule has 1 unspecified atom stereocenters. The number of furan rings is 2. The number of hydrogen-bond donors (Lipinski definition) is 0. The fourth-order valence-corrected chi connectivity index (χ4v) is 9.25. The van der Waals surface area contributed by atoms with Crippen molar-refractivity contribution in [1.82, 2.24) is 4.98 Å². The maximum absolute atomic E-state index is 8.79. The number of para-hydroxylation sites is 4. The first-order chi connectivity index (χ1) is 29.4. The second-order valence-corrected chi connectivity index (χ2v) is 21.8. The Balaban J connectivity index is 0.000000177. The fourth-order valence-electron chi connectivity index (χ4n) is 7.86. The predicted molar refractivity (Wildman–Crippen MR) is 240 cm³/mol. The molecule has 1 radical (unpaired) electrons. The van der Waals surface area contributed by atoms with E-state index >= 15 is 0 Å². The maximum atomic E-state index is 8.79. The van der Waals surface area contributed by atoms with Gasteiger partial charge in [-0.05, 0) is 52.1 Å². The van der Waals surface area contributed by atoms with Gasteiger partial charge in [0.2, 0.25) is 0 Å². The van der Waals surface area contributed by atoms with E-state index in [1.807, 2.05) is 69.3 Å². The van der Waals surface area contributed by atoms with Gasteiger partial charge in [0.05, 0.1) is 19.3 Å². The van der Waals surface area contributed by atoms with Gasteiger partial charge in [0.25, 0.3) is 0 Å². The normalized spacial score (nSPS) is 15.7. The number of pyridine rings is 1. The van der Waals surface area contributed by atoms with Crippen molar-refractivity contribution in [2.45, 2.75) is 59.6 Å². The summed E-state index contributed by atoms with van der Waals surface area (Å²) >= 11 is 0. The van der Waals surface area contributed by atoms with Crippen LogP contribution < -0.4 is 5.19 Å². The topological polar surface area (TPSA) is 51.5 Å². The number of benzene rings is 6. The van der Waals surface area contributed by atoms with Crippen LogP contribution in [0.25, 0.3) is 55.1 Å². The molecule has 6 heteroatoms. The van der Waals surface area contributed by atoms with Gasteiger partial charge in [0.15, 0.2) is 0 Å². The molecule has 4 nitrogen and oxygen atoms in total. The van der Waals surface area contributed by atoms with Gasteiger partial charge in [0, 0.05) is 60.8 Å². The Hall–Kier alpha value is -5.39. The van der Waals surface area contributed by atoms with Crippen molar-refractivity contribution in [3.8, 4) is 11.3 Å². The SMILES string of the molecule is [2H]C([2H])([2H])c1c[c-]c(-c2cc(C([2H])([2H])C(C)(C)C)c([Si](C)(C)C)cn2)cc1.[Ir].[c-]1ccc2c(oc3ccccc32)c1C1=Nc2ccccc2C1c1cccc2c1oc1ccccc12. The van der Waals surface area contributed by atoms with Crippen molar-refractivity contribution in [2.24, 2.45) is 10.4 Å². The zero-order chi connectivity index (χ0) is 43.8. The number of fused-ring (bicyclic) bond motifs is 7. The van der Waals surface area contributed by atoms with Crippen molar-refractivity contribution in [3.05, 3.63) is 174 Å². The predicted octanol–water partition coefficient (Wildman–Crippen LogP) is 13.5. The summed E-state index contributed by atoms with van der Waals surface area (Å²) in [6, 6.07) is 48.2. The first kappa shape index (κ1) is 33.6. The minimum Gasteiger partial charge on any atom is -0.501 e. The molecule has 1 atom stereocenters. The summed E-state index contributed by atoms with van der Waals surface area (Å²) in [7, 11) is -1.81. The Morgan fingerprint density at radius 3 is 2.09 bits per heavy atom.